The maximum atomic E-state index is 11.1. The molecule has 1 aromatic rings. The van der Waals surface area contributed by atoms with Crippen molar-refractivity contribution in [3.63, 3.8) is 0 Å². The zero-order valence-electron chi connectivity index (χ0n) is 11.7. The zero-order chi connectivity index (χ0) is 14.6. The molecule has 4 nitrogen and oxygen atoms in total. The van der Waals surface area contributed by atoms with Gasteiger partial charge in [0.05, 0.1) is 17.0 Å². The molecule has 0 atom stereocenters. The van der Waals surface area contributed by atoms with E-state index in [1.54, 1.807) is 21.0 Å². The van der Waals surface area contributed by atoms with Crippen molar-refractivity contribution >= 4 is 21.9 Å². The van der Waals surface area contributed by atoms with E-state index in [9.17, 15) is 4.79 Å². The number of hydrogen-bond donors (Lipinski definition) is 1. The maximum absolute atomic E-state index is 11.1. The van der Waals surface area contributed by atoms with Gasteiger partial charge in [-0.15, -0.1) is 0 Å². The van der Waals surface area contributed by atoms with Gasteiger partial charge in [0.2, 0.25) is 0 Å². The van der Waals surface area contributed by atoms with Gasteiger partial charge in [0.15, 0.2) is 0 Å². The normalized spacial score (nSPS) is 11.7. The Morgan fingerprint density at radius 2 is 2.11 bits per heavy atom. The number of aliphatic carboxylic acids is 1. The molecule has 0 saturated heterocycles. The third-order valence-electron chi connectivity index (χ3n) is 2.91. The van der Waals surface area contributed by atoms with Crippen molar-refractivity contribution in [2.45, 2.75) is 20.4 Å². The van der Waals surface area contributed by atoms with Crippen molar-refractivity contribution in [1.29, 1.82) is 0 Å². The highest BCUT2D eigenvalue weighted by Crippen LogP contribution is 2.26. The van der Waals surface area contributed by atoms with E-state index in [2.05, 4.69) is 15.9 Å². The highest BCUT2D eigenvalue weighted by molar-refractivity contribution is 9.10. The zero-order valence-corrected chi connectivity index (χ0v) is 13.3. The van der Waals surface area contributed by atoms with Crippen LogP contribution in [0.5, 0.6) is 5.75 Å². The highest BCUT2D eigenvalue weighted by Gasteiger charge is 2.28. The van der Waals surface area contributed by atoms with Gasteiger partial charge in [-0.3, -0.25) is 4.79 Å². The smallest absolute Gasteiger partial charge is 0.310 e. The first-order chi connectivity index (χ1) is 8.76. The Hall–Kier alpha value is -1.07. The Balaban J connectivity index is 2.70. The molecule has 5 heteroatoms. The van der Waals surface area contributed by atoms with E-state index in [1.165, 1.54) is 0 Å². The monoisotopic (exact) mass is 329 g/mol. The fourth-order valence-corrected chi connectivity index (χ4v) is 2.51. The summed E-state index contributed by atoms with van der Waals surface area (Å²) in [5, 5.41) is 9.12. The second-order valence-corrected chi connectivity index (χ2v) is 6.18. The largest absolute Gasteiger partial charge is 0.496 e. The molecule has 0 amide bonds. The topological polar surface area (TPSA) is 49.8 Å². The molecule has 0 aliphatic carbocycles. The fourth-order valence-electron chi connectivity index (χ4n) is 1.92. The van der Waals surface area contributed by atoms with Gasteiger partial charge in [-0.2, -0.15) is 0 Å². The molecule has 106 valence electrons. The molecule has 1 aromatic carbocycles. The molecule has 19 heavy (non-hydrogen) atoms. The van der Waals surface area contributed by atoms with Gasteiger partial charge in [0.25, 0.3) is 0 Å². The van der Waals surface area contributed by atoms with Crippen molar-refractivity contribution in [3.05, 3.63) is 28.2 Å². The average molecular weight is 330 g/mol. The molecule has 0 spiro atoms. The quantitative estimate of drug-likeness (QED) is 0.871. The van der Waals surface area contributed by atoms with Gasteiger partial charge in [-0.25, -0.2) is 0 Å². The second-order valence-electron chi connectivity index (χ2n) is 5.33. The van der Waals surface area contributed by atoms with Crippen molar-refractivity contribution in [3.8, 4) is 5.75 Å². The lowest BCUT2D eigenvalue weighted by molar-refractivity contribution is -0.147. The molecule has 0 bridgehead atoms. The van der Waals surface area contributed by atoms with E-state index >= 15 is 0 Å². The lowest BCUT2D eigenvalue weighted by Crippen LogP contribution is -2.36. The van der Waals surface area contributed by atoms with Gasteiger partial charge in [-0.1, -0.05) is 6.07 Å². The van der Waals surface area contributed by atoms with Crippen LogP contribution in [-0.4, -0.2) is 36.7 Å². The summed E-state index contributed by atoms with van der Waals surface area (Å²) in [5.41, 5.74) is 0.356. The lowest BCUT2D eigenvalue weighted by Gasteiger charge is -2.26. The minimum Gasteiger partial charge on any atom is -0.496 e. The molecular weight excluding hydrogens is 310 g/mol. The molecule has 0 heterocycles. The molecule has 1 rings (SSSR count). The summed E-state index contributed by atoms with van der Waals surface area (Å²) in [4.78, 5) is 13.1. The molecule has 0 aromatic heterocycles. The van der Waals surface area contributed by atoms with E-state index in [0.717, 1.165) is 15.8 Å². The molecule has 0 unspecified atom stereocenters. The van der Waals surface area contributed by atoms with Crippen molar-refractivity contribution in [2.24, 2.45) is 5.41 Å². The van der Waals surface area contributed by atoms with Crippen LogP contribution in [-0.2, 0) is 11.3 Å². The number of rotatable bonds is 6. The predicted octanol–water partition coefficient (Wildman–Crippen LogP) is 3.00. The van der Waals surface area contributed by atoms with Crippen LogP contribution in [0.15, 0.2) is 22.7 Å². The van der Waals surface area contributed by atoms with Gasteiger partial charge in [0, 0.05) is 13.1 Å². The van der Waals surface area contributed by atoms with Crippen LogP contribution in [0.3, 0.4) is 0 Å². The number of carbonyl (C=O) groups is 1. The Morgan fingerprint density at radius 1 is 1.47 bits per heavy atom. The van der Waals surface area contributed by atoms with Gasteiger partial charge in [-0.05, 0) is 54.5 Å². The number of ether oxygens (including phenoxy) is 1. The molecule has 0 fully saturated rings. The van der Waals surface area contributed by atoms with Crippen LogP contribution in [0, 0.1) is 5.41 Å². The van der Waals surface area contributed by atoms with Gasteiger partial charge < -0.3 is 14.7 Å². The highest BCUT2D eigenvalue weighted by atomic mass is 79.9. The summed E-state index contributed by atoms with van der Waals surface area (Å²) in [6.07, 6.45) is 0. The number of hydrogen-bond acceptors (Lipinski definition) is 3. The number of carboxylic acids is 1. The summed E-state index contributed by atoms with van der Waals surface area (Å²) in [6.45, 7) is 4.65. The minimum atomic E-state index is -0.782. The number of benzene rings is 1. The SMILES string of the molecule is COc1ccc(CN(C)CC(C)(C)C(=O)O)cc1Br. The first kappa shape index (κ1) is 16.0. The molecule has 0 saturated carbocycles. The van der Waals surface area contributed by atoms with Gasteiger partial charge in [0.1, 0.15) is 5.75 Å². The van der Waals surface area contributed by atoms with Crippen molar-refractivity contribution in [1.82, 2.24) is 4.90 Å². The Kier molecular flexibility index (Phi) is 5.38. The number of carboxylic acid groups (broad SMARTS) is 1. The third kappa shape index (κ3) is 4.51. The van der Waals surface area contributed by atoms with E-state index in [4.69, 9.17) is 9.84 Å². The van der Waals surface area contributed by atoms with Crippen LogP contribution < -0.4 is 4.74 Å². The third-order valence-corrected chi connectivity index (χ3v) is 3.53. The van der Waals surface area contributed by atoms with Crippen molar-refractivity contribution < 1.29 is 14.6 Å². The van der Waals surface area contributed by atoms with E-state index in [0.29, 0.717) is 13.1 Å². The predicted molar refractivity (Wildman–Crippen MR) is 78.4 cm³/mol. The van der Waals surface area contributed by atoms with Crippen molar-refractivity contribution in [2.75, 3.05) is 20.7 Å². The van der Waals surface area contributed by atoms with E-state index < -0.39 is 11.4 Å². The van der Waals surface area contributed by atoms with E-state index in [-0.39, 0.29) is 0 Å². The van der Waals surface area contributed by atoms with E-state index in [1.807, 2.05) is 30.1 Å². The number of methoxy groups -OCH3 is 1. The van der Waals surface area contributed by atoms with Crippen LogP contribution >= 0.6 is 15.9 Å². The summed E-state index contributed by atoms with van der Waals surface area (Å²) in [7, 11) is 3.55. The molecule has 0 aliphatic rings. The first-order valence-corrected chi connectivity index (χ1v) is 6.80. The Labute approximate surface area is 122 Å². The molecular formula is C14H20BrNO3. The summed E-state index contributed by atoms with van der Waals surface area (Å²) >= 11 is 3.44. The van der Waals surface area contributed by atoms with Crippen LogP contribution in [0.4, 0.5) is 0 Å². The van der Waals surface area contributed by atoms with Gasteiger partial charge >= 0.3 is 5.97 Å². The summed E-state index contributed by atoms with van der Waals surface area (Å²) < 4.78 is 6.08. The van der Waals surface area contributed by atoms with Crippen LogP contribution in [0.2, 0.25) is 0 Å². The van der Waals surface area contributed by atoms with Crippen LogP contribution in [0.1, 0.15) is 19.4 Å². The second kappa shape index (κ2) is 6.39. The fraction of sp³-hybridized carbons (Fsp3) is 0.500. The standard InChI is InChI=1S/C14H20BrNO3/c1-14(2,13(17)18)9-16(3)8-10-5-6-12(19-4)11(15)7-10/h5-7H,8-9H2,1-4H3,(H,17,18). The maximum Gasteiger partial charge on any atom is 0.310 e. The minimum absolute atomic E-state index is 0.492. The lowest BCUT2D eigenvalue weighted by atomic mass is 9.93. The number of nitrogens with zero attached hydrogens (tertiary/aromatic N) is 1. The Morgan fingerprint density at radius 3 is 2.58 bits per heavy atom. The summed E-state index contributed by atoms with van der Waals surface area (Å²) in [5.74, 6) is 0.00697. The molecule has 1 N–H and O–H groups in total. The first-order valence-electron chi connectivity index (χ1n) is 6.00. The number of halogens is 1. The average Bonchev–Trinajstić information content (AvgIpc) is 2.28. The Bertz CT molecular complexity index is 460. The molecule has 0 aliphatic heterocycles. The molecule has 0 radical (unpaired) electrons. The van der Waals surface area contributed by atoms with Crippen LogP contribution in [0.25, 0.3) is 0 Å². The summed E-state index contributed by atoms with van der Waals surface area (Å²) in [6, 6.07) is 5.87.